The lowest BCUT2D eigenvalue weighted by Gasteiger charge is -2.40. The maximum atomic E-state index is 12.6. The number of rotatable bonds is 2. The minimum atomic E-state index is 0.0934. The largest absolute Gasteiger partial charge is 0.378 e. The van der Waals surface area contributed by atoms with E-state index in [1.807, 2.05) is 16.8 Å². The van der Waals surface area contributed by atoms with E-state index in [4.69, 9.17) is 4.74 Å². The summed E-state index contributed by atoms with van der Waals surface area (Å²) in [7, 11) is 1.89. The number of nitrogens with zero attached hydrogens (tertiary/aromatic N) is 5. The summed E-state index contributed by atoms with van der Waals surface area (Å²) in [5.41, 5.74) is 1.54. The molecule has 7 nitrogen and oxygen atoms in total. The summed E-state index contributed by atoms with van der Waals surface area (Å²) in [5.74, 6) is 0. The Kier molecular flexibility index (Phi) is 5.16. The summed E-state index contributed by atoms with van der Waals surface area (Å²) in [4.78, 5) is 22.6. The molecule has 0 bridgehead atoms. The van der Waals surface area contributed by atoms with Gasteiger partial charge in [-0.25, -0.2) is 4.79 Å². The number of carbonyl (C=O) groups is 1. The molecular formula is C17H23N5O2. The van der Waals surface area contributed by atoms with Gasteiger partial charge in [0.1, 0.15) is 6.07 Å². The summed E-state index contributed by atoms with van der Waals surface area (Å²) in [5, 5.41) is 9.23. The Morgan fingerprint density at radius 1 is 1.33 bits per heavy atom. The van der Waals surface area contributed by atoms with Crippen molar-refractivity contribution in [2.45, 2.75) is 18.9 Å². The molecule has 0 atom stereocenters. The van der Waals surface area contributed by atoms with Gasteiger partial charge in [0.25, 0.3) is 0 Å². The number of carbonyl (C=O) groups excluding carboxylic acids is 1. The van der Waals surface area contributed by atoms with Crippen LogP contribution in [0.3, 0.4) is 0 Å². The molecule has 7 heteroatoms. The van der Waals surface area contributed by atoms with Gasteiger partial charge >= 0.3 is 6.03 Å². The predicted molar refractivity (Wildman–Crippen MR) is 89.7 cm³/mol. The van der Waals surface area contributed by atoms with Crippen LogP contribution in [0, 0.1) is 11.3 Å². The van der Waals surface area contributed by atoms with Crippen molar-refractivity contribution in [1.82, 2.24) is 14.8 Å². The second-order valence-electron chi connectivity index (χ2n) is 6.22. The van der Waals surface area contributed by atoms with Crippen LogP contribution in [0.4, 0.5) is 10.5 Å². The van der Waals surface area contributed by atoms with E-state index in [2.05, 4.69) is 16.0 Å². The lowest BCUT2D eigenvalue weighted by molar-refractivity contribution is 0.0409. The summed E-state index contributed by atoms with van der Waals surface area (Å²) < 4.78 is 5.31. The lowest BCUT2D eigenvalue weighted by Crippen LogP contribution is -2.52. The number of hydrogen-bond acceptors (Lipinski definition) is 5. The zero-order chi connectivity index (χ0) is 16.9. The summed E-state index contributed by atoms with van der Waals surface area (Å²) in [6, 6.07) is 4.30. The quantitative estimate of drug-likeness (QED) is 0.818. The minimum absolute atomic E-state index is 0.0934. The number of pyridine rings is 1. The molecule has 1 aromatic heterocycles. The summed E-state index contributed by atoms with van der Waals surface area (Å²) >= 11 is 0. The third-order valence-corrected chi connectivity index (χ3v) is 4.86. The van der Waals surface area contributed by atoms with E-state index in [0.29, 0.717) is 31.9 Å². The minimum Gasteiger partial charge on any atom is -0.378 e. The first-order valence-electron chi connectivity index (χ1n) is 8.39. The molecule has 2 aliphatic heterocycles. The Labute approximate surface area is 142 Å². The van der Waals surface area contributed by atoms with Crippen LogP contribution in [0.1, 0.15) is 18.4 Å². The van der Waals surface area contributed by atoms with Crippen LogP contribution in [0.5, 0.6) is 0 Å². The van der Waals surface area contributed by atoms with E-state index in [9.17, 15) is 10.1 Å². The Morgan fingerprint density at radius 3 is 2.71 bits per heavy atom. The van der Waals surface area contributed by atoms with Crippen LogP contribution in [-0.2, 0) is 4.74 Å². The highest BCUT2D eigenvalue weighted by atomic mass is 16.5. The molecule has 0 unspecified atom stereocenters. The first-order valence-corrected chi connectivity index (χ1v) is 8.39. The van der Waals surface area contributed by atoms with Crippen molar-refractivity contribution in [2.24, 2.45) is 0 Å². The Bertz CT molecular complexity index is 616. The average Bonchev–Trinajstić information content (AvgIpc) is 2.67. The molecule has 3 heterocycles. The van der Waals surface area contributed by atoms with Gasteiger partial charge < -0.3 is 19.4 Å². The van der Waals surface area contributed by atoms with Crippen molar-refractivity contribution in [3.63, 3.8) is 0 Å². The normalized spacial score (nSPS) is 19.0. The maximum Gasteiger partial charge on any atom is 0.320 e. The monoisotopic (exact) mass is 329 g/mol. The Balaban J connectivity index is 1.58. The number of morpholine rings is 1. The molecule has 2 aliphatic rings. The molecule has 0 aliphatic carbocycles. The molecule has 0 N–H and O–H groups in total. The highest BCUT2D eigenvalue weighted by molar-refractivity contribution is 5.74. The van der Waals surface area contributed by atoms with Crippen LogP contribution in [0.2, 0.25) is 0 Å². The fourth-order valence-corrected chi connectivity index (χ4v) is 3.36. The van der Waals surface area contributed by atoms with Crippen LogP contribution >= 0.6 is 0 Å². The van der Waals surface area contributed by atoms with Crippen molar-refractivity contribution < 1.29 is 9.53 Å². The smallest absolute Gasteiger partial charge is 0.320 e. The van der Waals surface area contributed by atoms with Gasteiger partial charge in [0.05, 0.1) is 30.7 Å². The highest BCUT2D eigenvalue weighted by Gasteiger charge is 2.29. The number of hydrogen-bond donors (Lipinski definition) is 0. The third kappa shape index (κ3) is 3.44. The van der Waals surface area contributed by atoms with Gasteiger partial charge in [0, 0.05) is 45.5 Å². The molecular weight excluding hydrogens is 306 g/mol. The molecule has 3 rings (SSSR count). The number of amides is 2. The standard InChI is InChI=1S/C17H23N5O2/c1-20(17(23)22-8-10-24-11-9-22)15-3-6-21(7-4-15)16-13-19-5-2-14(16)12-18/h2,5,13,15H,3-4,6-11H2,1H3. The van der Waals surface area contributed by atoms with Gasteiger partial charge in [-0.1, -0.05) is 0 Å². The van der Waals surface area contributed by atoms with Gasteiger partial charge in [-0.3, -0.25) is 4.98 Å². The summed E-state index contributed by atoms with van der Waals surface area (Å²) in [6.07, 6.45) is 5.18. The predicted octanol–water partition coefficient (Wildman–Crippen LogP) is 1.31. The SMILES string of the molecule is CN(C(=O)N1CCOCC1)C1CCN(c2cnccc2C#N)CC1. The van der Waals surface area contributed by atoms with E-state index < -0.39 is 0 Å². The van der Waals surface area contributed by atoms with Gasteiger partial charge in [0.2, 0.25) is 0 Å². The van der Waals surface area contributed by atoms with E-state index in [1.54, 1.807) is 18.5 Å². The van der Waals surface area contributed by atoms with E-state index >= 15 is 0 Å². The van der Waals surface area contributed by atoms with E-state index in [-0.39, 0.29) is 12.1 Å². The second kappa shape index (κ2) is 7.49. The lowest BCUT2D eigenvalue weighted by atomic mass is 10.0. The zero-order valence-electron chi connectivity index (χ0n) is 14.0. The molecule has 0 spiro atoms. The number of aromatic nitrogens is 1. The maximum absolute atomic E-state index is 12.6. The van der Waals surface area contributed by atoms with Crippen LogP contribution in [0.15, 0.2) is 18.5 Å². The van der Waals surface area contributed by atoms with Crippen molar-refractivity contribution in [3.05, 3.63) is 24.0 Å². The molecule has 24 heavy (non-hydrogen) atoms. The third-order valence-electron chi connectivity index (χ3n) is 4.86. The fraction of sp³-hybridized carbons (Fsp3) is 0.588. The number of urea groups is 1. The molecule has 0 saturated carbocycles. The number of piperidine rings is 1. The van der Waals surface area contributed by atoms with Crippen molar-refractivity contribution in [1.29, 1.82) is 5.26 Å². The van der Waals surface area contributed by atoms with Crippen LogP contribution < -0.4 is 4.90 Å². The van der Waals surface area contributed by atoms with E-state index in [0.717, 1.165) is 31.6 Å². The summed E-state index contributed by atoms with van der Waals surface area (Å²) in [6.45, 7) is 4.23. The number of ether oxygens (including phenoxy) is 1. The molecule has 0 aromatic carbocycles. The van der Waals surface area contributed by atoms with Crippen molar-refractivity contribution in [3.8, 4) is 6.07 Å². The molecule has 2 saturated heterocycles. The molecule has 0 radical (unpaired) electrons. The number of anilines is 1. The zero-order valence-corrected chi connectivity index (χ0v) is 14.0. The highest BCUT2D eigenvalue weighted by Crippen LogP contribution is 2.24. The van der Waals surface area contributed by atoms with Gasteiger partial charge in [0.15, 0.2) is 0 Å². The van der Waals surface area contributed by atoms with Gasteiger partial charge in [-0.05, 0) is 18.9 Å². The molecule has 2 fully saturated rings. The molecule has 128 valence electrons. The van der Waals surface area contributed by atoms with Crippen molar-refractivity contribution >= 4 is 11.7 Å². The Morgan fingerprint density at radius 2 is 2.04 bits per heavy atom. The fourth-order valence-electron chi connectivity index (χ4n) is 3.36. The molecule has 1 aromatic rings. The topological polar surface area (TPSA) is 72.7 Å². The molecule has 2 amide bonds. The second-order valence-corrected chi connectivity index (χ2v) is 6.22. The first kappa shape index (κ1) is 16.5. The van der Waals surface area contributed by atoms with Gasteiger partial charge in [-0.2, -0.15) is 5.26 Å². The first-order chi connectivity index (χ1) is 11.7. The van der Waals surface area contributed by atoms with Crippen molar-refractivity contribution in [2.75, 3.05) is 51.3 Å². The van der Waals surface area contributed by atoms with Crippen LogP contribution in [-0.4, -0.2) is 73.3 Å². The Hall–Kier alpha value is -2.33. The van der Waals surface area contributed by atoms with E-state index in [1.165, 1.54) is 0 Å². The average molecular weight is 329 g/mol. The van der Waals surface area contributed by atoms with Gasteiger partial charge in [-0.15, -0.1) is 0 Å². The number of nitriles is 1. The van der Waals surface area contributed by atoms with Crippen LogP contribution in [0.25, 0.3) is 0 Å².